The molecule has 13 heteroatoms. The number of hydrogen-bond acceptors (Lipinski definition) is 9. The van der Waals surface area contributed by atoms with E-state index in [1.54, 1.807) is 17.8 Å². The molecule has 4 heterocycles. The molecule has 0 aliphatic heterocycles. The number of aryl methyl sites for hydroxylation is 3. The Balaban J connectivity index is 1.65. The summed E-state index contributed by atoms with van der Waals surface area (Å²) in [6, 6.07) is 7.98. The Morgan fingerprint density at radius 1 is 1.07 bits per heavy atom. The number of fused-ring (bicyclic) bond motifs is 1. The van der Waals surface area contributed by atoms with Crippen LogP contribution in [0.5, 0.6) is 0 Å². The first kappa shape index (κ1) is 26.7. The molecule has 0 amide bonds. The second-order valence-electron chi connectivity index (χ2n) is 9.33. The molecule has 5 aromatic rings. The van der Waals surface area contributed by atoms with Crippen LogP contribution in [0.2, 0.25) is 0 Å². The smallest absolute Gasteiger partial charge is 0.441 e. The Morgan fingerprint density at radius 2 is 1.88 bits per heavy atom. The molecule has 1 aromatic carbocycles. The van der Waals surface area contributed by atoms with Crippen LogP contribution in [0.15, 0.2) is 59.9 Å². The fraction of sp³-hybridized carbons (Fsp3) is 0.333. The molecule has 0 radical (unpaired) electrons. The summed E-state index contributed by atoms with van der Waals surface area (Å²) in [5.41, 5.74) is 1.34. The van der Waals surface area contributed by atoms with Gasteiger partial charge in [-0.05, 0) is 32.8 Å². The van der Waals surface area contributed by atoms with Gasteiger partial charge in [-0.2, -0.15) is 5.10 Å². The molecule has 40 heavy (non-hydrogen) atoms. The number of nitrogens with zero attached hydrogens (tertiary/aromatic N) is 6. The van der Waals surface area contributed by atoms with Gasteiger partial charge in [-0.25, -0.2) is 23.9 Å². The first-order valence-electron chi connectivity index (χ1n) is 12.8. The summed E-state index contributed by atoms with van der Waals surface area (Å²) < 4.78 is 20.4. The van der Waals surface area contributed by atoms with Crippen molar-refractivity contribution in [1.29, 1.82) is 0 Å². The number of rotatable bonds is 8. The highest BCUT2D eigenvalue weighted by atomic mass is 16.6. The number of aromatic nitrogens is 6. The second-order valence-corrected chi connectivity index (χ2v) is 9.33. The minimum atomic E-state index is -0.950. The molecular formula is C27H28N6O7. The fourth-order valence-corrected chi connectivity index (χ4v) is 4.58. The van der Waals surface area contributed by atoms with Crippen LogP contribution in [0.3, 0.4) is 0 Å². The number of carbonyl (C=O) groups excluding carboxylic acids is 1. The van der Waals surface area contributed by atoms with E-state index in [0.29, 0.717) is 18.5 Å². The Labute approximate surface area is 226 Å². The monoisotopic (exact) mass is 548 g/mol. The number of carbonyl (C=O) groups is 1. The van der Waals surface area contributed by atoms with E-state index < -0.39 is 29.8 Å². The van der Waals surface area contributed by atoms with Crippen LogP contribution >= 0.6 is 0 Å². The van der Waals surface area contributed by atoms with Crippen LogP contribution < -0.4 is 17.1 Å². The Hall–Kier alpha value is -4.94. The maximum absolute atomic E-state index is 13.6. The summed E-state index contributed by atoms with van der Waals surface area (Å²) >= 11 is 0. The van der Waals surface area contributed by atoms with Gasteiger partial charge in [0.15, 0.2) is 35.1 Å². The maximum atomic E-state index is 13.6. The van der Waals surface area contributed by atoms with Gasteiger partial charge in [0, 0.05) is 19.3 Å². The SMILES string of the molecule is CCCn1c(=O)c2c(nc(-c3cnn(Cc4cccc(C)c4)c3)n2C(=O)OCc2oc(=O)oc2C)n(CC)c1=O. The lowest BCUT2D eigenvalue weighted by atomic mass is 10.1. The molecule has 0 atom stereocenters. The quantitative estimate of drug-likeness (QED) is 0.285. The van der Waals surface area contributed by atoms with E-state index in [-0.39, 0.29) is 41.6 Å². The third-order valence-corrected chi connectivity index (χ3v) is 6.45. The van der Waals surface area contributed by atoms with Gasteiger partial charge in [0.1, 0.15) is 0 Å². The van der Waals surface area contributed by atoms with Crippen LogP contribution in [-0.2, 0) is 31.0 Å². The zero-order chi connectivity index (χ0) is 28.6. The molecule has 0 spiro atoms. The lowest BCUT2D eigenvalue weighted by Crippen LogP contribution is -2.40. The molecule has 13 nitrogen and oxygen atoms in total. The van der Waals surface area contributed by atoms with Gasteiger partial charge in [0.2, 0.25) is 0 Å². The maximum Gasteiger partial charge on any atom is 0.519 e. The molecule has 0 aliphatic rings. The zero-order valence-corrected chi connectivity index (χ0v) is 22.5. The standard InChI is InChI=1S/C27H28N6O7/c1-5-10-32-24(34)21-23(31(6-2)25(32)35)29-22(33(21)26(36)38-15-20-17(4)39-27(37)40-20)19-12-28-30(14-19)13-18-9-7-8-16(3)11-18/h7-9,11-12,14H,5-6,10,13,15H2,1-4H3. The van der Waals surface area contributed by atoms with Crippen LogP contribution in [0.4, 0.5) is 4.79 Å². The van der Waals surface area contributed by atoms with Crippen molar-refractivity contribution in [2.45, 2.75) is 60.4 Å². The first-order chi connectivity index (χ1) is 19.2. The molecule has 0 saturated carbocycles. The Morgan fingerprint density at radius 3 is 2.55 bits per heavy atom. The minimum absolute atomic E-state index is 0.0316. The molecule has 0 bridgehead atoms. The van der Waals surface area contributed by atoms with Crippen molar-refractivity contribution in [2.24, 2.45) is 0 Å². The fourth-order valence-electron chi connectivity index (χ4n) is 4.58. The minimum Gasteiger partial charge on any atom is -0.441 e. The van der Waals surface area contributed by atoms with Gasteiger partial charge in [0.25, 0.3) is 5.56 Å². The van der Waals surface area contributed by atoms with Crippen LogP contribution in [0, 0.1) is 13.8 Å². The van der Waals surface area contributed by atoms with E-state index in [2.05, 4.69) is 10.1 Å². The summed E-state index contributed by atoms with van der Waals surface area (Å²) in [6.07, 6.45) is 2.80. The van der Waals surface area contributed by atoms with Crippen LogP contribution in [-0.4, -0.2) is 34.6 Å². The molecule has 0 saturated heterocycles. The van der Waals surface area contributed by atoms with Crippen LogP contribution in [0.25, 0.3) is 22.6 Å². The lowest BCUT2D eigenvalue weighted by molar-refractivity contribution is 0.133. The van der Waals surface area contributed by atoms with E-state index in [1.165, 1.54) is 17.7 Å². The number of imidazole rings is 1. The Kier molecular flexibility index (Phi) is 7.11. The van der Waals surface area contributed by atoms with Crippen molar-refractivity contribution in [3.8, 4) is 11.4 Å². The summed E-state index contributed by atoms with van der Waals surface area (Å²) in [5, 5.41) is 4.42. The van der Waals surface area contributed by atoms with Gasteiger partial charge in [-0.15, -0.1) is 0 Å². The van der Waals surface area contributed by atoms with Gasteiger partial charge in [-0.3, -0.25) is 18.6 Å². The van der Waals surface area contributed by atoms with Gasteiger partial charge >= 0.3 is 17.6 Å². The van der Waals surface area contributed by atoms with Crippen molar-refractivity contribution in [3.05, 3.63) is 90.8 Å². The van der Waals surface area contributed by atoms with Gasteiger partial charge < -0.3 is 13.6 Å². The average Bonchev–Trinajstić information content (AvgIpc) is 3.62. The molecular weight excluding hydrogens is 520 g/mol. The highest BCUT2D eigenvalue weighted by Gasteiger charge is 2.27. The third-order valence-electron chi connectivity index (χ3n) is 6.45. The number of hydrogen-bond donors (Lipinski definition) is 0. The normalized spacial score (nSPS) is 11.4. The average molecular weight is 549 g/mol. The first-order valence-corrected chi connectivity index (χ1v) is 12.8. The third kappa shape index (κ3) is 4.81. The molecule has 0 unspecified atom stereocenters. The predicted molar refractivity (Wildman–Crippen MR) is 143 cm³/mol. The predicted octanol–water partition coefficient (Wildman–Crippen LogP) is 3.05. The molecule has 5 rings (SSSR count). The van der Waals surface area contributed by atoms with Crippen molar-refractivity contribution >= 4 is 17.3 Å². The molecule has 208 valence electrons. The number of ether oxygens (including phenoxy) is 1. The van der Waals surface area contributed by atoms with E-state index in [0.717, 1.165) is 20.3 Å². The van der Waals surface area contributed by atoms with Crippen molar-refractivity contribution in [1.82, 2.24) is 28.5 Å². The molecule has 0 fully saturated rings. The molecule has 0 aliphatic carbocycles. The summed E-state index contributed by atoms with van der Waals surface area (Å²) in [6.45, 7) is 7.52. The van der Waals surface area contributed by atoms with E-state index in [4.69, 9.17) is 13.6 Å². The van der Waals surface area contributed by atoms with Crippen molar-refractivity contribution in [3.63, 3.8) is 0 Å². The highest BCUT2D eigenvalue weighted by molar-refractivity contribution is 5.90. The summed E-state index contributed by atoms with van der Waals surface area (Å²) in [4.78, 5) is 56.2. The molecule has 0 N–H and O–H groups in total. The molecule has 4 aromatic heterocycles. The second kappa shape index (κ2) is 10.7. The van der Waals surface area contributed by atoms with Crippen LogP contribution in [0.1, 0.15) is 42.9 Å². The van der Waals surface area contributed by atoms with E-state index in [1.807, 2.05) is 38.1 Å². The Bertz CT molecular complexity index is 1900. The highest BCUT2D eigenvalue weighted by Crippen LogP contribution is 2.24. The van der Waals surface area contributed by atoms with Gasteiger partial charge in [-0.1, -0.05) is 36.8 Å². The van der Waals surface area contributed by atoms with Crippen molar-refractivity contribution in [2.75, 3.05) is 0 Å². The van der Waals surface area contributed by atoms with E-state index >= 15 is 0 Å². The van der Waals surface area contributed by atoms with Crippen molar-refractivity contribution < 1.29 is 18.4 Å². The van der Waals surface area contributed by atoms with E-state index in [9.17, 15) is 19.2 Å². The summed E-state index contributed by atoms with van der Waals surface area (Å²) in [5.74, 6) is -0.651. The zero-order valence-electron chi connectivity index (χ0n) is 22.5. The lowest BCUT2D eigenvalue weighted by Gasteiger charge is -2.10. The topological polar surface area (TPSA) is 149 Å². The largest absolute Gasteiger partial charge is 0.519 e. The van der Waals surface area contributed by atoms with Gasteiger partial charge in [0.05, 0.1) is 18.3 Å². The summed E-state index contributed by atoms with van der Waals surface area (Å²) in [7, 11) is 0. The number of benzene rings is 1.